The molecule has 0 bridgehead atoms. The number of halogens is 1. The lowest BCUT2D eigenvalue weighted by Crippen LogP contribution is -2.24. The van der Waals surface area contributed by atoms with Crippen LogP contribution in [0.5, 0.6) is 11.5 Å². The van der Waals surface area contributed by atoms with Gasteiger partial charge in [-0.15, -0.1) is 10.2 Å². The van der Waals surface area contributed by atoms with Crippen LogP contribution in [-0.4, -0.2) is 42.0 Å². The molecule has 0 atom stereocenters. The topological polar surface area (TPSA) is 102 Å². The van der Waals surface area contributed by atoms with Gasteiger partial charge >= 0.3 is 0 Å². The molecule has 8 nitrogen and oxygen atoms in total. The Morgan fingerprint density at radius 2 is 1.87 bits per heavy atom. The number of ether oxygens (including phenoxy) is 2. The number of carbonyl (C=O) groups is 2. The maximum atomic E-state index is 12.3. The van der Waals surface area contributed by atoms with Gasteiger partial charge < -0.3 is 20.1 Å². The minimum Gasteiger partial charge on any atom is -0.497 e. The molecule has 2 aromatic carbocycles. The second kappa shape index (κ2) is 11.0. The Morgan fingerprint density at radius 3 is 2.58 bits per heavy atom. The number of hydrogen-bond acceptors (Lipinski definition) is 8. The molecule has 31 heavy (non-hydrogen) atoms. The second-order valence-electron chi connectivity index (χ2n) is 6.08. The lowest BCUT2D eigenvalue weighted by molar-refractivity contribution is -0.118. The molecule has 0 aliphatic rings. The number of anilines is 1. The van der Waals surface area contributed by atoms with Crippen molar-refractivity contribution in [3.63, 3.8) is 0 Å². The summed E-state index contributed by atoms with van der Waals surface area (Å²) < 4.78 is 11.0. The van der Waals surface area contributed by atoms with Crippen molar-refractivity contribution < 1.29 is 19.1 Å². The van der Waals surface area contributed by atoms with E-state index in [-0.39, 0.29) is 22.6 Å². The van der Waals surface area contributed by atoms with Crippen molar-refractivity contribution in [1.29, 1.82) is 0 Å². The molecule has 0 aliphatic heterocycles. The average molecular weight is 479 g/mol. The number of hydrogen-bond donors (Lipinski definition) is 2. The lowest BCUT2D eigenvalue weighted by Gasteiger charge is -2.11. The highest BCUT2D eigenvalue weighted by Gasteiger charge is 2.15. The number of benzene rings is 2. The molecule has 162 valence electrons. The molecule has 3 rings (SSSR count). The van der Waals surface area contributed by atoms with E-state index in [1.54, 1.807) is 50.6 Å². The molecule has 3 aromatic rings. The van der Waals surface area contributed by atoms with Crippen LogP contribution in [0.4, 0.5) is 5.69 Å². The van der Waals surface area contributed by atoms with E-state index in [0.717, 1.165) is 16.9 Å². The first-order chi connectivity index (χ1) is 15.0. The summed E-state index contributed by atoms with van der Waals surface area (Å²) >= 11 is 8.16. The fourth-order valence-corrected chi connectivity index (χ4v) is 4.15. The summed E-state index contributed by atoms with van der Waals surface area (Å²) in [4.78, 5) is 24.5. The van der Waals surface area contributed by atoms with E-state index >= 15 is 0 Å². The fraction of sp³-hybridized carbons (Fsp3) is 0.200. The molecule has 11 heteroatoms. The first kappa shape index (κ1) is 22.9. The zero-order valence-electron chi connectivity index (χ0n) is 16.7. The van der Waals surface area contributed by atoms with Crippen LogP contribution in [0.25, 0.3) is 0 Å². The minimum absolute atomic E-state index is 0.145. The minimum atomic E-state index is -0.372. The third kappa shape index (κ3) is 6.58. The molecule has 0 unspecified atom stereocenters. The molecular weight excluding hydrogens is 460 g/mol. The van der Waals surface area contributed by atoms with Crippen molar-refractivity contribution >= 4 is 52.2 Å². The zero-order valence-corrected chi connectivity index (χ0v) is 19.1. The van der Waals surface area contributed by atoms with Gasteiger partial charge in [0.2, 0.25) is 10.9 Å². The summed E-state index contributed by atoms with van der Waals surface area (Å²) in [6.07, 6.45) is 0. The molecule has 1 heterocycles. The average Bonchev–Trinajstić information content (AvgIpc) is 3.27. The van der Waals surface area contributed by atoms with Crippen LogP contribution in [0.3, 0.4) is 0 Å². The van der Waals surface area contributed by atoms with Crippen LogP contribution >= 0.6 is 34.7 Å². The van der Waals surface area contributed by atoms with Crippen molar-refractivity contribution in [3.8, 4) is 11.5 Å². The first-order valence-electron chi connectivity index (χ1n) is 8.99. The maximum Gasteiger partial charge on any atom is 0.286 e. The van der Waals surface area contributed by atoms with Gasteiger partial charge in [0, 0.05) is 28.9 Å². The van der Waals surface area contributed by atoms with Gasteiger partial charge in [-0.3, -0.25) is 9.59 Å². The molecule has 0 saturated heterocycles. The molecule has 0 fully saturated rings. The standard InChI is InChI=1S/C20H19ClN4O4S2/c1-28-15-8-3-12(16(9-15)29-2)10-22-17(26)11-30-20-25-24-19(31-20)18(27)23-14-6-4-13(21)5-7-14/h3-9H,10-11H2,1-2H3,(H,22,26)(H,23,27). The van der Waals surface area contributed by atoms with Gasteiger partial charge in [-0.1, -0.05) is 34.7 Å². The van der Waals surface area contributed by atoms with Crippen molar-refractivity contribution in [2.75, 3.05) is 25.3 Å². The molecule has 2 N–H and O–H groups in total. The highest BCUT2D eigenvalue weighted by molar-refractivity contribution is 8.01. The summed E-state index contributed by atoms with van der Waals surface area (Å²) in [6.45, 7) is 0.317. The van der Waals surface area contributed by atoms with E-state index in [0.29, 0.717) is 33.1 Å². The molecule has 1 aromatic heterocycles. The zero-order chi connectivity index (χ0) is 22.2. The van der Waals surface area contributed by atoms with E-state index in [2.05, 4.69) is 20.8 Å². The summed E-state index contributed by atoms with van der Waals surface area (Å²) in [6, 6.07) is 12.1. The summed E-state index contributed by atoms with van der Waals surface area (Å²) in [5.41, 5.74) is 1.44. The van der Waals surface area contributed by atoms with Gasteiger partial charge in [-0.25, -0.2) is 0 Å². The van der Waals surface area contributed by atoms with E-state index in [1.165, 1.54) is 11.8 Å². The fourth-order valence-electron chi connectivity index (χ4n) is 2.45. The highest BCUT2D eigenvalue weighted by atomic mass is 35.5. The van der Waals surface area contributed by atoms with Crippen LogP contribution < -0.4 is 20.1 Å². The molecular formula is C20H19ClN4O4S2. The molecule has 0 radical (unpaired) electrons. The van der Waals surface area contributed by atoms with Crippen molar-refractivity contribution in [2.45, 2.75) is 10.9 Å². The Hall–Kier alpha value is -2.82. The van der Waals surface area contributed by atoms with Gasteiger partial charge in [-0.2, -0.15) is 0 Å². The van der Waals surface area contributed by atoms with Gasteiger partial charge in [0.05, 0.1) is 20.0 Å². The molecule has 2 amide bonds. The number of aromatic nitrogens is 2. The second-order valence-corrected chi connectivity index (χ2v) is 8.71. The number of methoxy groups -OCH3 is 2. The van der Waals surface area contributed by atoms with Crippen molar-refractivity contribution in [2.24, 2.45) is 0 Å². The highest BCUT2D eigenvalue weighted by Crippen LogP contribution is 2.25. The van der Waals surface area contributed by atoms with E-state index in [1.807, 2.05) is 6.07 Å². The third-order valence-electron chi connectivity index (χ3n) is 4.00. The van der Waals surface area contributed by atoms with Crippen molar-refractivity contribution in [1.82, 2.24) is 15.5 Å². The normalized spacial score (nSPS) is 10.4. The Morgan fingerprint density at radius 1 is 1.10 bits per heavy atom. The van der Waals surface area contributed by atoms with Gasteiger partial charge in [0.1, 0.15) is 11.5 Å². The Kier molecular flexibility index (Phi) is 8.10. The van der Waals surface area contributed by atoms with Gasteiger partial charge in [0.15, 0.2) is 4.34 Å². The quantitative estimate of drug-likeness (QED) is 0.450. The Labute approximate surface area is 192 Å². The van der Waals surface area contributed by atoms with Gasteiger partial charge in [-0.05, 0) is 36.4 Å². The monoisotopic (exact) mass is 478 g/mol. The first-order valence-corrected chi connectivity index (χ1v) is 11.2. The molecule has 0 aliphatic carbocycles. The Balaban J connectivity index is 1.48. The van der Waals surface area contributed by atoms with Crippen LogP contribution in [0, 0.1) is 0 Å². The summed E-state index contributed by atoms with van der Waals surface area (Å²) in [5, 5.41) is 14.2. The summed E-state index contributed by atoms with van der Waals surface area (Å²) in [5.74, 6) is 0.904. The Bertz CT molecular complexity index is 1060. The smallest absolute Gasteiger partial charge is 0.286 e. The number of carbonyl (C=O) groups excluding carboxylic acids is 2. The van der Waals surface area contributed by atoms with Crippen LogP contribution in [0.1, 0.15) is 15.4 Å². The molecule has 0 saturated carbocycles. The predicted molar refractivity (Wildman–Crippen MR) is 121 cm³/mol. The van der Waals surface area contributed by atoms with E-state index < -0.39 is 0 Å². The van der Waals surface area contributed by atoms with Crippen LogP contribution in [0.2, 0.25) is 5.02 Å². The summed E-state index contributed by atoms with van der Waals surface area (Å²) in [7, 11) is 3.14. The van der Waals surface area contributed by atoms with Crippen LogP contribution in [0.15, 0.2) is 46.8 Å². The van der Waals surface area contributed by atoms with E-state index in [9.17, 15) is 9.59 Å². The number of amides is 2. The number of nitrogens with zero attached hydrogens (tertiary/aromatic N) is 2. The SMILES string of the molecule is COc1ccc(CNC(=O)CSc2nnc(C(=O)Nc3ccc(Cl)cc3)s2)c(OC)c1. The van der Waals surface area contributed by atoms with Gasteiger partial charge in [0.25, 0.3) is 5.91 Å². The number of nitrogens with one attached hydrogen (secondary N) is 2. The third-order valence-corrected chi connectivity index (χ3v) is 6.31. The van der Waals surface area contributed by atoms with Crippen molar-refractivity contribution in [3.05, 3.63) is 58.1 Å². The predicted octanol–water partition coefficient (Wildman–Crippen LogP) is 3.87. The molecule has 0 spiro atoms. The largest absolute Gasteiger partial charge is 0.497 e. The number of thioether (sulfide) groups is 1. The maximum absolute atomic E-state index is 12.3. The van der Waals surface area contributed by atoms with Crippen LogP contribution in [-0.2, 0) is 11.3 Å². The lowest BCUT2D eigenvalue weighted by atomic mass is 10.2. The number of rotatable bonds is 9. The van der Waals surface area contributed by atoms with E-state index in [4.69, 9.17) is 21.1 Å².